The first kappa shape index (κ1) is 17.1. The Morgan fingerprint density at radius 1 is 0.885 bits per heavy atom. The maximum atomic E-state index is 12.6. The molecule has 0 spiro atoms. The van der Waals surface area contributed by atoms with Crippen molar-refractivity contribution in [2.75, 3.05) is 4.90 Å². The van der Waals surface area contributed by atoms with Crippen LogP contribution in [0.1, 0.15) is 12.8 Å². The zero-order valence-corrected chi connectivity index (χ0v) is 15.2. The van der Waals surface area contributed by atoms with Gasteiger partial charge in [0.2, 0.25) is 11.8 Å². The molecule has 0 N–H and O–H groups in total. The molecule has 0 unspecified atom stereocenters. The first-order chi connectivity index (χ1) is 12.5. The topological polar surface area (TPSA) is 46.6 Å². The van der Waals surface area contributed by atoms with E-state index in [-0.39, 0.29) is 23.7 Å². The van der Waals surface area contributed by atoms with Crippen molar-refractivity contribution < 1.29 is 14.3 Å². The second kappa shape index (κ2) is 6.78. The van der Waals surface area contributed by atoms with E-state index in [9.17, 15) is 9.59 Å². The lowest BCUT2D eigenvalue weighted by atomic mass is 9.85. The van der Waals surface area contributed by atoms with Crippen LogP contribution in [0, 0.1) is 11.8 Å². The lowest BCUT2D eigenvalue weighted by Gasteiger charge is -2.15. The minimum absolute atomic E-state index is 0.126. The quantitative estimate of drug-likeness (QED) is 0.534. The molecule has 1 aliphatic carbocycles. The number of amides is 2. The Kier molecular flexibility index (Phi) is 4.47. The second-order valence-corrected chi connectivity index (χ2v) is 7.18. The molecule has 0 radical (unpaired) electrons. The van der Waals surface area contributed by atoms with E-state index in [1.165, 1.54) is 4.90 Å². The monoisotopic (exact) mass is 387 g/mol. The standard InChI is InChI=1S/C20H15Cl2NO3/c21-12-5-10-18(17(22)11-12)26-14-8-6-13(7-9-14)23-19(24)15-3-1-2-4-16(15)20(23)25/h1-2,5-11,15-16H,3-4H2/t15-,16-/m1/s1. The fraction of sp³-hybridized carbons (Fsp3) is 0.200. The zero-order chi connectivity index (χ0) is 18.3. The van der Waals surface area contributed by atoms with Gasteiger partial charge in [-0.2, -0.15) is 0 Å². The van der Waals surface area contributed by atoms with Crippen molar-refractivity contribution in [1.82, 2.24) is 0 Å². The number of hydrogen-bond donors (Lipinski definition) is 0. The predicted molar refractivity (Wildman–Crippen MR) is 101 cm³/mol. The highest BCUT2D eigenvalue weighted by Gasteiger charge is 2.47. The van der Waals surface area contributed by atoms with Crippen LogP contribution in [0.5, 0.6) is 11.5 Å². The number of benzene rings is 2. The van der Waals surface area contributed by atoms with Crippen molar-refractivity contribution in [2.24, 2.45) is 11.8 Å². The minimum Gasteiger partial charge on any atom is -0.456 e. The average molecular weight is 388 g/mol. The average Bonchev–Trinajstić information content (AvgIpc) is 2.90. The number of allylic oxidation sites excluding steroid dienone is 2. The molecule has 1 fully saturated rings. The highest BCUT2D eigenvalue weighted by molar-refractivity contribution is 6.35. The van der Waals surface area contributed by atoms with Crippen molar-refractivity contribution in [3.63, 3.8) is 0 Å². The molecule has 2 atom stereocenters. The van der Waals surface area contributed by atoms with Crippen molar-refractivity contribution >= 4 is 40.7 Å². The van der Waals surface area contributed by atoms with E-state index in [1.807, 2.05) is 12.2 Å². The van der Waals surface area contributed by atoms with Crippen LogP contribution in [-0.4, -0.2) is 11.8 Å². The van der Waals surface area contributed by atoms with Crippen LogP contribution >= 0.6 is 23.2 Å². The van der Waals surface area contributed by atoms with Crippen LogP contribution < -0.4 is 9.64 Å². The fourth-order valence-corrected chi connectivity index (χ4v) is 3.85. The molecule has 0 bridgehead atoms. The third-order valence-electron chi connectivity index (χ3n) is 4.72. The molecule has 1 heterocycles. The van der Waals surface area contributed by atoms with Crippen LogP contribution in [-0.2, 0) is 9.59 Å². The smallest absolute Gasteiger partial charge is 0.238 e. The number of carbonyl (C=O) groups is 2. The number of hydrogen-bond acceptors (Lipinski definition) is 3. The van der Waals surface area contributed by atoms with Gasteiger partial charge in [0, 0.05) is 5.02 Å². The van der Waals surface area contributed by atoms with Crippen LogP contribution in [0.3, 0.4) is 0 Å². The first-order valence-electron chi connectivity index (χ1n) is 8.30. The predicted octanol–water partition coefficient (Wildman–Crippen LogP) is 5.24. The van der Waals surface area contributed by atoms with E-state index in [0.717, 1.165) is 0 Å². The number of ether oxygens (including phenoxy) is 1. The summed E-state index contributed by atoms with van der Waals surface area (Å²) < 4.78 is 5.74. The molecule has 0 aromatic heterocycles. The summed E-state index contributed by atoms with van der Waals surface area (Å²) in [5.74, 6) is 0.301. The maximum Gasteiger partial charge on any atom is 0.238 e. The molecule has 4 nitrogen and oxygen atoms in total. The molecule has 26 heavy (non-hydrogen) atoms. The normalized spacial score (nSPS) is 21.8. The van der Waals surface area contributed by atoms with Gasteiger partial charge in [-0.15, -0.1) is 0 Å². The van der Waals surface area contributed by atoms with Gasteiger partial charge in [0.25, 0.3) is 0 Å². The summed E-state index contributed by atoms with van der Waals surface area (Å²) in [5.41, 5.74) is 0.559. The summed E-state index contributed by atoms with van der Waals surface area (Å²) in [5, 5.41) is 0.933. The maximum absolute atomic E-state index is 12.6. The summed E-state index contributed by atoms with van der Waals surface area (Å²) >= 11 is 12.0. The molecule has 0 saturated carbocycles. The number of carbonyl (C=O) groups excluding carboxylic acids is 2. The molecule has 2 aromatic carbocycles. The molecule has 2 amide bonds. The molecule has 1 saturated heterocycles. The third-order valence-corrected chi connectivity index (χ3v) is 5.25. The van der Waals surface area contributed by atoms with Crippen molar-refractivity contribution in [3.05, 3.63) is 64.7 Å². The van der Waals surface area contributed by atoms with Gasteiger partial charge in [0.15, 0.2) is 0 Å². The second-order valence-electron chi connectivity index (χ2n) is 6.34. The Morgan fingerprint density at radius 3 is 2.08 bits per heavy atom. The third kappa shape index (κ3) is 3.00. The molecule has 1 aliphatic heterocycles. The fourth-order valence-electron chi connectivity index (χ4n) is 3.40. The van der Waals surface area contributed by atoms with E-state index >= 15 is 0 Å². The van der Waals surface area contributed by atoms with Gasteiger partial charge in [-0.05, 0) is 55.3 Å². The van der Waals surface area contributed by atoms with Crippen molar-refractivity contribution in [1.29, 1.82) is 0 Å². The van der Waals surface area contributed by atoms with E-state index < -0.39 is 0 Å². The largest absolute Gasteiger partial charge is 0.456 e. The first-order valence-corrected chi connectivity index (χ1v) is 9.06. The Hall–Kier alpha value is -2.30. The zero-order valence-electron chi connectivity index (χ0n) is 13.7. The Morgan fingerprint density at radius 2 is 1.50 bits per heavy atom. The number of anilines is 1. The number of halogens is 2. The van der Waals surface area contributed by atoms with E-state index in [2.05, 4.69) is 0 Å². The Balaban J connectivity index is 1.54. The summed E-state index contributed by atoms with van der Waals surface area (Å²) in [6.07, 6.45) is 5.20. The van der Waals surface area contributed by atoms with Gasteiger partial charge >= 0.3 is 0 Å². The van der Waals surface area contributed by atoms with E-state index in [0.29, 0.717) is 40.1 Å². The van der Waals surface area contributed by atoms with E-state index in [4.69, 9.17) is 27.9 Å². The lowest BCUT2D eigenvalue weighted by Crippen LogP contribution is -2.30. The van der Waals surface area contributed by atoms with Crippen LogP contribution in [0.15, 0.2) is 54.6 Å². The molecular formula is C20H15Cl2NO3. The van der Waals surface area contributed by atoms with Crippen LogP contribution in [0.2, 0.25) is 10.0 Å². The molecule has 6 heteroatoms. The van der Waals surface area contributed by atoms with Crippen LogP contribution in [0.4, 0.5) is 5.69 Å². The Bertz CT molecular complexity index is 882. The number of imide groups is 1. The van der Waals surface area contributed by atoms with Gasteiger partial charge in [0.1, 0.15) is 11.5 Å². The number of fused-ring (bicyclic) bond motifs is 1. The minimum atomic E-state index is -0.240. The molecular weight excluding hydrogens is 373 g/mol. The lowest BCUT2D eigenvalue weighted by molar-refractivity contribution is -0.122. The molecule has 4 rings (SSSR count). The summed E-state index contributed by atoms with van der Waals surface area (Å²) in [6.45, 7) is 0. The van der Waals surface area contributed by atoms with Gasteiger partial charge < -0.3 is 4.74 Å². The van der Waals surface area contributed by atoms with Gasteiger partial charge in [-0.3, -0.25) is 14.5 Å². The number of rotatable bonds is 3. The van der Waals surface area contributed by atoms with Crippen LogP contribution in [0.25, 0.3) is 0 Å². The van der Waals surface area contributed by atoms with E-state index in [1.54, 1.807) is 42.5 Å². The van der Waals surface area contributed by atoms with Gasteiger partial charge in [-0.25, -0.2) is 0 Å². The summed E-state index contributed by atoms with van der Waals surface area (Å²) in [7, 11) is 0. The molecule has 2 aliphatic rings. The van der Waals surface area contributed by atoms with Crippen molar-refractivity contribution in [3.8, 4) is 11.5 Å². The summed E-state index contributed by atoms with van der Waals surface area (Å²) in [6, 6.07) is 11.8. The van der Waals surface area contributed by atoms with Gasteiger partial charge in [0.05, 0.1) is 22.5 Å². The highest BCUT2D eigenvalue weighted by atomic mass is 35.5. The van der Waals surface area contributed by atoms with Crippen molar-refractivity contribution in [2.45, 2.75) is 12.8 Å². The Labute approximate surface area is 161 Å². The highest BCUT2D eigenvalue weighted by Crippen LogP contribution is 2.38. The summed E-state index contributed by atoms with van der Waals surface area (Å²) in [4.78, 5) is 26.5. The molecule has 2 aromatic rings. The van der Waals surface area contributed by atoms with Gasteiger partial charge in [-0.1, -0.05) is 35.4 Å². The number of nitrogens with zero attached hydrogens (tertiary/aromatic N) is 1. The SMILES string of the molecule is O=C1[C@@H]2CC=CC[C@H]2C(=O)N1c1ccc(Oc2ccc(Cl)cc2Cl)cc1. The molecule has 132 valence electrons.